The molecule has 0 saturated heterocycles. The van der Waals surface area contributed by atoms with Gasteiger partial charge in [0.25, 0.3) is 0 Å². The topological polar surface area (TPSA) is 37.3 Å². The third kappa shape index (κ3) is 1.95. The maximum atomic E-state index is 11.5. The molecule has 2 aliphatic carbocycles. The Balaban J connectivity index is 2.08. The lowest BCUT2D eigenvalue weighted by Crippen LogP contribution is -2.29. The van der Waals surface area contributed by atoms with Gasteiger partial charge in [0.15, 0.2) is 5.78 Å². The molecule has 2 saturated carbocycles. The van der Waals surface area contributed by atoms with Crippen LogP contribution in [-0.4, -0.2) is 10.9 Å². The van der Waals surface area contributed by atoms with Crippen LogP contribution in [0, 0.1) is 11.3 Å². The molecule has 0 aromatic carbocycles. The van der Waals surface area contributed by atoms with Crippen LogP contribution in [0.1, 0.15) is 51.9 Å². The molecule has 84 valence electrons. The second kappa shape index (κ2) is 3.99. The summed E-state index contributed by atoms with van der Waals surface area (Å²) in [5, 5.41) is 9.02. The molecule has 2 nitrogen and oxygen atoms in total. The first-order valence-corrected chi connectivity index (χ1v) is 6.02. The highest BCUT2D eigenvalue weighted by atomic mass is 16.2. The standard InChI is InChI=1S/C13H20O2/c1-13(6-2-3-7-13)11-4-5-12(15)10(8-11)9-14/h9,11,14H,2-8H2,1H3/b10-9-. The molecule has 1 unspecified atom stereocenters. The summed E-state index contributed by atoms with van der Waals surface area (Å²) in [5.41, 5.74) is 1.08. The summed E-state index contributed by atoms with van der Waals surface area (Å²) in [4.78, 5) is 11.5. The zero-order valence-electron chi connectivity index (χ0n) is 9.46. The predicted octanol–water partition coefficient (Wildman–Crippen LogP) is 3.38. The van der Waals surface area contributed by atoms with E-state index in [0.29, 0.717) is 23.3 Å². The van der Waals surface area contributed by atoms with Gasteiger partial charge in [0.2, 0.25) is 0 Å². The normalized spacial score (nSPS) is 33.5. The SMILES string of the molecule is CC1(C2CCC(=O)/C(=C\O)C2)CCCC1. The molecule has 0 radical (unpaired) electrons. The number of rotatable bonds is 1. The molecule has 15 heavy (non-hydrogen) atoms. The summed E-state index contributed by atoms with van der Waals surface area (Å²) >= 11 is 0. The molecule has 2 fully saturated rings. The third-order valence-corrected chi connectivity index (χ3v) is 4.43. The Morgan fingerprint density at radius 2 is 2.07 bits per heavy atom. The van der Waals surface area contributed by atoms with Gasteiger partial charge in [-0.25, -0.2) is 0 Å². The number of carbonyl (C=O) groups excluding carboxylic acids is 1. The fourth-order valence-electron chi connectivity index (χ4n) is 3.26. The number of Topliss-reactive ketones (excluding diaryl/α,β-unsaturated/α-hetero) is 1. The van der Waals surface area contributed by atoms with E-state index in [0.717, 1.165) is 19.1 Å². The Morgan fingerprint density at radius 3 is 2.67 bits per heavy atom. The summed E-state index contributed by atoms with van der Waals surface area (Å²) < 4.78 is 0. The lowest BCUT2D eigenvalue weighted by Gasteiger charge is -2.37. The number of allylic oxidation sites excluding steroid dienone is 1. The lowest BCUT2D eigenvalue weighted by molar-refractivity contribution is -0.117. The quantitative estimate of drug-likeness (QED) is 0.530. The largest absolute Gasteiger partial charge is 0.515 e. The molecular formula is C13H20O2. The van der Waals surface area contributed by atoms with Crippen molar-refractivity contribution in [3.63, 3.8) is 0 Å². The van der Waals surface area contributed by atoms with Crippen molar-refractivity contribution in [1.82, 2.24) is 0 Å². The van der Waals surface area contributed by atoms with Gasteiger partial charge >= 0.3 is 0 Å². The van der Waals surface area contributed by atoms with E-state index in [1.165, 1.54) is 25.7 Å². The molecule has 1 atom stereocenters. The fourth-order valence-corrected chi connectivity index (χ4v) is 3.26. The van der Waals surface area contributed by atoms with Crippen LogP contribution in [-0.2, 0) is 4.79 Å². The van der Waals surface area contributed by atoms with Crippen LogP contribution in [0.15, 0.2) is 11.8 Å². The Hall–Kier alpha value is -0.790. The summed E-state index contributed by atoms with van der Waals surface area (Å²) in [7, 11) is 0. The van der Waals surface area contributed by atoms with Crippen LogP contribution in [0.4, 0.5) is 0 Å². The summed E-state index contributed by atoms with van der Waals surface area (Å²) in [6, 6.07) is 0. The van der Waals surface area contributed by atoms with Crippen molar-refractivity contribution in [3.05, 3.63) is 11.8 Å². The van der Waals surface area contributed by atoms with Crippen molar-refractivity contribution < 1.29 is 9.90 Å². The van der Waals surface area contributed by atoms with E-state index >= 15 is 0 Å². The summed E-state index contributed by atoms with van der Waals surface area (Å²) in [5.74, 6) is 0.756. The fraction of sp³-hybridized carbons (Fsp3) is 0.769. The molecule has 0 bridgehead atoms. The van der Waals surface area contributed by atoms with Crippen LogP contribution in [0.25, 0.3) is 0 Å². The van der Waals surface area contributed by atoms with Crippen LogP contribution in [0.2, 0.25) is 0 Å². The maximum absolute atomic E-state index is 11.5. The van der Waals surface area contributed by atoms with Crippen LogP contribution < -0.4 is 0 Å². The summed E-state index contributed by atoms with van der Waals surface area (Å²) in [6.07, 6.45) is 8.74. The van der Waals surface area contributed by atoms with Gasteiger partial charge in [-0.3, -0.25) is 4.79 Å². The minimum absolute atomic E-state index is 0.148. The number of ketones is 1. The van der Waals surface area contributed by atoms with Gasteiger partial charge in [-0.2, -0.15) is 0 Å². The van der Waals surface area contributed by atoms with E-state index in [1.807, 2.05) is 0 Å². The molecule has 0 spiro atoms. The maximum Gasteiger partial charge on any atom is 0.161 e. The van der Waals surface area contributed by atoms with Crippen molar-refractivity contribution in [1.29, 1.82) is 0 Å². The lowest BCUT2D eigenvalue weighted by atomic mass is 9.67. The second-order valence-corrected chi connectivity index (χ2v) is 5.38. The first-order chi connectivity index (χ1) is 7.15. The minimum atomic E-state index is 0.148. The second-order valence-electron chi connectivity index (χ2n) is 5.38. The van der Waals surface area contributed by atoms with E-state index in [9.17, 15) is 4.79 Å². The number of aliphatic hydroxyl groups excluding tert-OH is 1. The van der Waals surface area contributed by atoms with Crippen LogP contribution in [0.5, 0.6) is 0 Å². The number of hydrogen-bond acceptors (Lipinski definition) is 2. The van der Waals surface area contributed by atoms with Crippen molar-refractivity contribution in [2.75, 3.05) is 0 Å². The predicted molar refractivity (Wildman–Crippen MR) is 59.6 cm³/mol. The highest BCUT2D eigenvalue weighted by Gasteiger charge is 2.39. The van der Waals surface area contributed by atoms with Crippen LogP contribution in [0.3, 0.4) is 0 Å². The van der Waals surface area contributed by atoms with Gasteiger partial charge in [-0.05, 0) is 37.0 Å². The molecule has 2 heteroatoms. The minimum Gasteiger partial charge on any atom is -0.515 e. The zero-order chi connectivity index (χ0) is 10.9. The highest BCUT2D eigenvalue weighted by Crippen LogP contribution is 2.49. The first kappa shape index (κ1) is 10.7. The van der Waals surface area contributed by atoms with Gasteiger partial charge in [0.1, 0.15) is 0 Å². The molecule has 0 aromatic rings. The van der Waals surface area contributed by atoms with Crippen molar-refractivity contribution in [3.8, 4) is 0 Å². The van der Waals surface area contributed by atoms with E-state index in [-0.39, 0.29) is 5.78 Å². The van der Waals surface area contributed by atoms with Gasteiger partial charge in [0, 0.05) is 12.0 Å². The highest BCUT2D eigenvalue weighted by molar-refractivity contribution is 5.95. The Bertz CT molecular complexity index is 285. The molecule has 0 heterocycles. The Labute approximate surface area is 91.4 Å². The molecule has 0 amide bonds. The summed E-state index contributed by atoms with van der Waals surface area (Å²) in [6.45, 7) is 2.36. The molecule has 1 N–H and O–H groups in total. The molecule has 0 aliphatic heterocycles. The first-order valence-electron chi connectivity index (χ1n) is 6.02. The van der Waals surface area contributed by atoms with Gasteiger partial charge in [-0.1, -0.05) is 19.8 Å². The molecule has 0 aromatic heterocycles. The van der Waals surface area contributed by atoms with Crippen molar-refractivity contribution in [2.45, 2.75) is 51.9 Å². The van der Waals surface area contributed by atoms with E-state index in [4.69, 9.17) is 5.11 Å². The van der Waals surface area contributed by atoms with Gasteiger partial charge in [0.05, 0.1) is 6.26 Å². The van der Waals surface area contributed by atoms with E-state index in [1.54, 1.807) is 0 Å². The van der Waals surface area contributed by atoms with Gasteiger partial charge in [-0.15, -0.1) is 0 Å². The smallest absolute Gasteiger partial charge is 0.161 e. The number of carbonyl (C=O) groups is 1. The zero-order valence-corrected chi connectivity index (χ0v) is 9.46. The molecule has 2 aliphatic rings. The Morgan fingerprint density at radius 1 is 1.40 bits per heavy atom. The van der Waals surface area contributed by atoms with Crippen molar-refractivity contribution >= 4 is 5.78 Å². The monoisotopic (exact) mass is 208 g/mol. The van der Waals surface area contributed by atoms with Gasteiger partial charge < -0.3 is 5.11 Å². The third-order valence-electron chi connectivity index (χ3n) is 4.43. The molecular weight excluding hydrogens is 188 g/mol. The average Bonchev–Trinajstić information content (AvgIpc) is 2.67. The van der Waals surface area contributed by atoms with Crippen LogP contribution >= 0.6 is 0 Å². The van der Waals surface area contributed by atoms with Crippen molar-refractivity contribution in [2.24, 2.45) is 11.3 Å². The number of aliphatic hydroxyl groups is 1. The Kier molecular flexibility index (Phi) is 2.85. The average molecular weight is 208 g/mol. The van der Waals surface area contributed by atoms with E-state index in [2.05, 4.69) is 6.92 Å². The molecule has 2 rings (SSSR count). The van der Waals surface area contributed by atoms with E-state index < -0.39 is 0 Å². The number of hydrogen-bond donors (Lipinski definition) is 1.